The van der Waals surface area contributed by atoms with Crippen molar-refractivity contribution < 1.29 is 9.59 Å². The van der Waals surface area contributed by atoms with Crippen LogP contribution in [0.5, 0.6) is 0 Å². The van der Waals surface area contributed by atoms with Gasteiger partial charge in [-0.25, -0.2) is 5.01 Å². The molecular weight excluding hydrogens is 392 g/mol. The normalized spacial score (nSPS) is 20.2. The molecule has 0 bridgehead atoms. The molecule has 2 aliphatic rings. The second kappa shape index (κ2) is 9.65. The van der Waals surface area contributed by atoms with Gasteiger partial charge in [0.05, 0.1) is 4.91 Å². The summed E-state index contributed by atoms with van der Waals surface area (Å²) in [5, 5.41) is 1.96. The summed E-state index contributed by atoms with van der Waals surface area (Å²) >= 11 is 6.69. The molecule has 2 heterocycles. The molecule has 1 N–H and O–H groups in total. The molecule has 0 unspecified atom stereocenters. The zero-order valence-electron chi connectivity index (χ0n) is 16.3. The number of carbonyl (C=O) groups excluding carboxylic acids is 2. The van der Waals surface area contributed by atoms with Crippen LogP contribution in [0.3, 0.4) is 0 Å². The summed E-state index contributed by atoms with van der Waals surface area (Å²) in [6.45, 7) is 6.06. The molecule has 2 fully saturated rings. The molecule has 0 spiro atoms. The second-order valence-electron chi connectivity index (χ2n) is 7.17. The quantitative estimate of drug-likeness (QED) is 0.565. The summed E-state index contributed by atoms with van der Waals surface area (Å²) in [6, 6.07) is 8.02. The summed E-state index contributed by atoms with van der Waals surface area (Å²) < 4.78 is 0.558. The Morgan fingerprint density at radius 1 is 1.21 bits per heavy atom. The van der Waals surface area contributed by atoms with E-state index in [0.717, 1.165) is 31.7 Å². The van der Waals surface area contributed by atoms with Crippen LogP contribution < -0.4 is 5.43 Å². The van der Waals surface area contributed by atoms with E-state index in [4.69, 9.17) is 12.2 Å². The summed E-state index contributed by atoms with van der Waals surface area (Å²) in [5.74, 6) is -0.0831. The number of thiocarbonyl (C=S) groups is 1. The van der Waals surface area contributed by atoms with Gasteiger partial charge in [-0.1, -0.05) is 53.8 Å². The number of thioether (sulfide) groups is 1. The lowest BCUT2D eigenvalue weighted by molar-refractivity contribution is -0.127. The van der Waals surface area contributed by atoms with Gasteiger partial charge in [-0.05, 0) is 32.0 Å². The van der Waals surface area contributed by atoms with E-state index in [9.17, 15) is 9.59 Å². The maximum absolute atomic E-state index is 12.6. The van der Waals surface area contributed by atoms with Crippen LogP contribution in [-0.4, -0.2) is 70.7 Å². The standard InChI is InChI=1S/C20H26N4O2S2/c1-15-5-7-16(8-6-15)14-17-19(26)24(20(27)28-17)9-3-4-18(25)21-23-12-10-22(2)11-13-23/h5-8,14H,3-4,9-13H2,1-2H3,(H,21,25). The van der Waals surface area contributed by atoms with Gasteiger partial charge in [0.25, 0.3) is 5.91 Å². The van der Waals surface area contributed by atoms with Gasteiger partial charge in [0.2, 0.25) is 5.91 Å². The first-order valence-electron chi connectivity index (χ1n) is 9.47. The Hall–Kier alpha value is -1.74. The number of aryl methyl sites for hydroxylation is 1. The average Bonchev–Trinajstić information content (AvgIpc) is 2.93. The molecule has 2 aliphatic heterocycles. The Kier molecular flexibility index (Phi) is 7.23. The third kappa shape index (κ3) is 5.64. The molecule has 0 saturated carbocycles. The molecular formula is C20H26N4O2S2. The maximum atomic E-state index is 12.6. The number of amides is 2. The molecule has 2 saturated heterocycles. The van der Waals surface area contributed by atoms with Gasteiger partial charge in [0, 0.05) is 39.1 Å². The average molecular weight is 419 g/mol. The van der Waals surface area contributed by atoms with E-state index in [1.807, 2.05) is 42.3 Å². The van der Waals surface area contributed by atoms with Crippen molar-refractivity contribution in [3.8, 4) is 0 Å². The van der Waals surface area contributed by atoms with Crippen molar-refractivity contribution in [1.29, 1.82) is 0 Å². The molecule has 1 aromatic rings. The number of nitrogens with zero attached hydrogens (tertiary/aromatic N) is 3. The van der Waals surface area contributed by atoms with Crippen LogP contribution in [-0.2, 0) is 9.59 Å². The van der Waals surface area contributed by atoms with Crippen molar-refractivity contribution in [2.24, 2.45) is 0 Å². The van der Waals surface area contributed by atoms with Crippen molar-refractivity contribution in [3.63, 3.8) is 0 Å². The molecule has 2 amide bonds. The fourth-order valence-corrected chi connectivity index (χ4v) is 4.36. The van der Waals surface area contributed by atoms with E-state index >= 15 is 0 Å². The summed E-state index contributed by atoms with van der Waals surface area (Å²) in [7, 11) is 2.08. The third-order valence-electron chi connectivity index (χ3n) is 4.82. The van der Waals surface area contributed by atoms with Crippen molar-refractivity contribution in [2.45, 2.75) is 19.8 Å². The van der Waals surface area contributed by atoms with Crippen LogP contribution in [0.1, 0.15) is 24.0 Å². The van der Waals surface area contributed by atoms with E-state index in [1.54, 1.807) is 4.90 Å². The number of rotatable bonds is 6. The largest absolute Gasteiger partial charge is 0.304 e. The molecule has 0 atom stereocenters. The van der Waals surface area contributed by atoms with E-state index < -0.39 is 0 Å². The zero-order chi connectivity index (χ0) is 20.1. The third-order valence-corrected chi connectivity index (χ3v) is 6.20. The number of hydrogen-bond acceptors (Lipinski definition) is 6. The molecule has 0 radical (unpaired) electrons. The first-order valence-corrected chi connectivity index (χ1v) is 10.7. The number of hydrogen-bond donors (Lipinski definition) is 1. The minimum Gasteiger partial charge on any atom is -0.304 e. The number of likely N-dealkylation sites (N-methyl/N-ethyl adjacent to an activating group) is 1. The van der Waals surface area contributed by atoms with Crippen LogP contribution >= 0.6 is 24.0 Å². The van der Waals surface area contributed by atoms with E-state index in [2.05, 4.69) is 17.4 Å². The number of benzene rings is 1. The molecule has 28 heavy (non-hydrogen) atoms. The number of hydrazine groups is 1. The van der Waals surface area contributed by atoms with Gasteiger partial charge in [-0.3, -0.25) is 19.9 Å². The van der Waals surface area contributed by atoms with Crippen molar-refractivity contribution in [2.75, 3.05) is 39.8 Å². The summed E-state index contributed by atoms with van der Waals surface area (Å²) in [4.78, 5) is 29.3. The highest BCUT2D eigenvalue weighted by molar-refractivity contribution is 8.26. The van der Waals surface area contributed by atoms with Gasteiger partial charge < -0.3 is 4.90 Å². The SMILES string of the molecule is Cc1ccc(C=C2SC(=S)N(CCCC(=O)NN3CCN(C)CC3)C2=O)cc1. The Balaban J connectivity index is 1.46. The van der Waals surface area contributed by atoms with Crippen LogP contribution in [0, 0.1) is 6.92 Å². The minimum atomic E-state index is -0.0740. The lowest BCUT2D eigenvalue weighted by atomic mass is 10.1. The molecule has 0 aliphatic carbocycles. The Labute approximate surface area is 175 Å². The molecule has 8 heteroatoms. The summed E-state index contributed by atoms with van der Waals surface area (Å²) in [5.41, 5.74) is 5.11. The van der Waals surface area contributed by atoms with Crippen LogP contribution in [0.15, 0.2) is 29.2 Å². The van der Waals surface area contributed by atoms with Gasteiger partial charge in [-0.15, -0.1) is 0 Å². The molecule has 6 nitrogen and oxygen atoms in total. The smallest absolute Gasteiger partial charge is 0.266 e. The van der Waals surface area contributed by atoms with Crippen molar-refractivity contribution in [3.05, 3.63) is 40.3 Å². The minimum absolute atomic E-state index is 0.00908. The number of nitrogens with one attached hydrogen (secondary N) is 1. The van der Waals surface area contributed by atoms with Crippen molar-refractivity contribution >= 4 is 46.2 Å². The fraction of sp³-hybridized carbons (Fsp3) is 0.450. The van der Waals surface area contributed by atoms with E-state index in [1.165, 1.54) is 17.3 Å². The predicted octanol–water partition coefficient (Wildman–Crippen LogP) is 2.26. The second-order valence-corrected chi connectivity index (χ2v) is 8.85. The topological polar surface area (TPSA) is 55.9 Å². The Morgan fingerprint density at radius 2 is 1.89 bits per heavy atom. The highest BCUT2D eigenvalue weighted by Gasteiger charge is 2.31. The highest BCUT2D eigenvalue weighted by Crippen LogP contribution is 2.32. The highest BCUT2D eigenvalue weighted by atomic mass is 32.2. The van der Waals surface area contributed by atoms with Crippen LogP contribution in [0.2, 0.25) is 0 Å². The Bertz CT molecular complexity index is 771. The van der Waals surface area contributed by atoms with Crippen LogP contribution in [0.25, 0.3) is 6.08 Å². The van der Waals surface area contributed by atoms with E-state index in [0.29, 0.717) is 28.6 Å². The zero-order valence-corrected chi connectivity index (χ0v) is 17.9. The van der Waals surface area contributed by atoms with Gasteiger partial charge in [0.1, 0.15) is 4.32 Å². The lowest BCUT2D eigenvalue weighted by Crippen LogP contribution is -2.52. The van der Waals surface area contributed by atoms with Gasteiger partial charge in [0.15, 0.2) is 0 Å². The lowest BCUT2D eigenvalue weighted by Gasteiger charge is -2.32. The van der Waals surface area contributed by atoms with Crippen molar-refractivity contribution in [1.82, 2.24) is 20.2 Å². The molecule has 0 aromatic heterocycles. The first kappa shape index (κ1) is 21.0. The number of piperazine rings is 1. The maximum Gasteiger partial charge on any atom is 0.266 e. The Morgan fingerprint density at radius 3 is 2.57 bits per heavy atom. The van der Waals surface area contributed by atoms with Gasteiger partial charge in [-0.2, -0.15) is 0 Å². The first-order chi connectivity index (χ1) is 13.4. The van der Waals surface area contributed by atoms with Gasteiger partial charge >= 0.3 is 0 Å². The molecule has 3 rings (SSSR count). The van der Waals surface area contributed by atoms with E-state index in [-0.39, 0.29) is 11.8 Å². The fourth-order valence-electron chi connectivity index (χ4n) is 3.06. The molecule has 1 aromatic carbocycles. The van der Waals surface area contributed by atoms with Crippen LogP contribution in [0.4, 0.5) is 0 Å². The predicted molar refractivity (Wildman–Crippen MR) is 118 cm³/mol. The number of carbonyl (C=O) groups is 2. The summed E-state index contributed by atoms with van der Waals surface area (Å²) in [6.07, 6.45) is 2.84. The molecule has 150 valence electrons. The monoisotopic (exact) mass is 418 g/mol.